The first kappa shape index (κ1) is 16.1. The van der Waals surface area contributed by atoms with E-state index in [0.29, 0.717) is 6.04 Å². The van der Waals surface area contributed by atoms with E-state index in [1.165, 1.54) is 29.6 Å². The number of nitrogens with zero attached hydrogens (tertiary/aromatic N) is 1. The second kappa shape index (κ2) is 8.75. The fourth-order valence-electron chi connectivity index (χ4n) is 2.75. The van der Waals surface area contributed by atoms with Gasteiger partial charge in [0.15, 0.2) is 0 Å². The van der Waals surface area contributed by atoms with Gasteiger partial charge in [-0.05, 0) is 16.8 Å². The van der Waals surface area contributed by atoms with Crippen molar-refractivity contribution < 1.29 is 0 Å². The van der Waals surface area contributed by atoms with Crippen molar-refractivity contribution in [2.75, 3.05) is 32.1 Å². The highest BCUT2D eigenvalue weighted by atomic mass is 31.1. The van der Waals surface area contributed by atoms with Crippen LogP contribution in [0.1, 0.15) is 0 Å². The van der Waals surface area contributed by atoms with E-state index < -0.39 is 0 Å². The number of hydrogen-bond donors (Lipinski definition) is 1. The van der Waals surface area contributed by atoms with Crippen molar-refractivity contribution >= 4 is 27.8 Å². The first-order valence-electron chi connectivity index (χ1n) is 7.94. The Hall–Kier alpha value is -0.780. The third kappa shape index (κ3) is 4.86. The molecular weight excluding hydrogens is 306 g/mol. The molecule has 1 saturated heterocycles. The van der Waals surface area contributed by atoms with Crippen LogP contribution >= 0.6 is 17.2 Å². The van der Waals surface area contributed by atoms with Crippen LogP contribution in [-0.2, 0) is 0 Å². The second-order valence-electron chi connectivity index (χ2n) is 5.62. The second-order valence-corrected chi connectivity index (χ2v) is 8.20. The zero-order valence-corrected chi connectivity index (χ0v) is 14.8. The monoisotopic (exact) mass is 330 g/mol. The Balaban J connectivity index is 1.52. The molecule has 3 rings (SSSR count). The van der Waals surface area contributed by atoms with Gasteiger partial charge in [-0.1, -0.05) is 77.8 Å². The van der Waals surface area contributed by atoms with E-state index in [0.717, 1.165) is 30.3 Å². The molecule has 0 aliphatic carbocycles. The average Bonchev–Trinajstić information content (AvgIpc) is 2.61. The summed E-state index contributed by atoms with van der Waals surface area (Å²) in [5.41, 5.74) is 0. The van der Waals surface area contributed by atoms with Crippen LogP contribution in [0.4, 0.5) is 0 Å². The number of piperazine rings is 1. The van der Waals surface area contributed by atoms with E-state index >= 15 is 0 Å². The molecule has 1 fully saturated rings. The van der Waals surface area contributed by atoms with E-state index in [1.807, 2.05) is 0 Å². The van der Waals surface area contributed by atoms with Crippen molar-refractivity contribution in [1.29, 1.82) is 0 Å². The Kier molecular flexibility index (Phi) is 6.40. The van der Waals surface area contributed by atoms with Crippen LogP contribution < -0.4 is 15.9 Å². The molecule has 1 aliphatic heterocycles. The van der Waals surface area contributed by atoms with Crippen LogP contribution in [-0.4, -0.2) is 43.0 Å². The maximum atomic E-state index is 3.57. The van der Waals surface area contributed by atoms with Gasteiger partial charge in [-0.2, -0.15) is 0 Å². The summed E-state index contributed by atoms with van der Waals surface area (Å²) in [6, 6.07) is 22.5. The molecule has 2 nitrogen and oxygen atoms in total. The molecule has 4 heteroatoms. The van der Waals surface area contributed by atoms with Crippen LogP contribution in [0.15, 0.2) is 60.7 Å². The summed E-state index contributed by atoms with van der Waals surface area (Å²) < 4.78 is 0. The Morgan fingerprint density at radius 3 is 2.23 bits per heavy atom. The topological polar surface area (TPSA) is 15.3 Å². The van der Waals surface area contributed by atoms with Crippen molar-refractivity contribution in [2.24, 2.45) is 0 Å². The summed E-state index contributed by atoms with van der Waals surface area (Å²) in [6.07, 6.45) is 2.48. The molecule has 116 valence electrons. The summed E-state index contributed by atoms with van der Waals surface area (Å²) in [6.45, 7) is 3.45. The van der Waals surface area contributed by atoms with Crippen molar-refractivity contribution in [2.45, 2.75) is 6.04 Å². The summed E-state index contributed by atoms with van der Waals surface area (Å²) in [7, 11) is 1.81. The molecule has 3 unspecified atom stereocenters. The van der Waals surface area contributed by atoms with Crippen molar-refractivity contribution in [1.82, 2.24) is 10.2 Å². The zero-order chi connectivity index (χ0) is 15.0. The van der Waals surface area contributed by atoms with Gasteiger partial charge in [0.2, 0.25) is 0 Å². The highest BCUT2D eigenvalue weighted by Gasteiger charge is 2.21. The fourth-order valence-corrected chi connectivity index (χ4v) is 5.29. The van der Waals surface area contributed by atoms with Gasteiger partial charge in [-0.3, -0.25) is 4.90 Å². The number of hydrogen-bond acceptors (Lipinski definition) is 2. The van der Waals surface area contributed by atoms with E-state index in [9.17, 15) is 0 Å². The van der Waals surface area contributed by atoms with Gasteiger partial charge in [0, 0.05) is 32.0 Å². The van der Waals surface area contributed by atoms with Gasteiger partial charge < -0.3 is 5.32 Å². The van der Waals surface area contributed by atoms with Gasteiger partial charge in [-0.25, -0.2) is 0 Å². The Morgan fingerprint density at radius 1 is 0.909 bits per heavy atom. The molecule has 1 heterocycles. The summed E-state index contributed by atoms with van der Waals surface area (Å²) >= 11 is 0. The van der Waals surface area contributed by atoms with Crippen LogP contribution in [0.2, 0.25) is 0 Å². The summed E-state index contributed by atoms with van der Waals surface area (Å²) in [5, 5.41) is 6.53. The van der Waals surface area contributed by atoms with Crippen molar-refractivity contribution in [3.8, 4) is 0 Å². The molecule has 1 aliphatic rings. The van der Waals surface area contributed by atoms with E-state index in [2.05, 4.69) is 70.9 Å². The minimum Gasteiger partial charge on any atom is -0.314 e. The number of rotatable bonds is 6. The average molecular weight is 330 g/mol. The molecule has 0 aromatic heterocycles. The van der Waals surface area contributed by atoms with E-state index in [4.69, 9.17) is 0 Å². The lowest BCUT2D eigenvalue weighted by molar-refractivity contribution is 0.208. The highest BCUT2D eigenvalue weighted by Crippen LogP contribution is 2.20. The SMILES string of the molecule is c1ccc(PCC2CNCCN2CPc2ccccc2)cc1. The van der Waals surface area contributed by atoms with Crippen LogP contribution in [0.25, 0.3) is 0 Å². The quantitative estimate of drug-likeness (QED) is 0.817. The lowest BCUT2D eigenvalue weighted by atomic mass is 10.2. The van der Waals surface area contributed by atoms with Crippen LogP contribution in [0, 0.1) is 0 Å². The molecular formula is C18H24N2P2. The summed E-state index contributed by atoms with van der Waals surface area (Å²) in [5.74, 6) is 0. The minimum atomic E-state index is 0.684. The first-order valence-corrected chi connectivity index (χ1v) is 10.4. The molecule has 0 saturated carbocycles. The summed E-state index contributed by atoms with van der Waals surface area (Å²) in [4.78, 5) is 2.69. The van der Waals surface area contributed by atoms with Crippen molar-refractivity contribution in [3.05, 3.63) is 60.7 Å². The largest absolute Gasteiger partial charge is 0.314 e. The Bertz CT molecular complexity index is 496. The number of benzene rings is 2. The maximum Gasteiger partial charge on any atom is 0.0264 e. The standard InChI is InChI=1S/C18H24N2P2/c1-3-7-17(8-4-1)21-14-16-13-19-11-12-20(16)15-22-18-9-5-2-6-10-18/h1-10,16,19,21-22H,11-15H2. The van der Waals surface area contributed by atoms with Gasteiger partial charge in [-0.15, -0.1) is 0 Å². The van der Waals surface area contributed by atoms with Gasteiger partial charge in [0.05, 0.1) is 0 Å². The third-order valence-corrected chi connectivity index (χ3v) is 6.77. The lowest BCUT2D eigenvalue weighted by Gasteiger charge is -2.36. The molecule has 0 radical (unpaired) electrons. The van der Waals surface area contributed by atoms with Gasteiger partial charge in [0.1, 0.15) is 0 Å². The molecule has 1 N–H and O–H groups in total. The van der Waals surface area contributed by atoms with Crippen LogP contribution in [0.3, 0.4) is 0 Å². The molecule has 0 amide bonds. The predicted octanol–water partition coefficient (Wildman–Crippen LogP) is 2.23. The lowest BCUT2D eigenvalue weighted by Crippen LogP contribution is -2.52. The van der Waals surface area contributed by atoms with Gasteiger partial charge in [0.25, 0.3) is 0 Å². The fraction of sp³-hybridized carbons (Fsp3) is 0.333. The van der Waals surface area contributed by atoms with E-state index in [1.54, 1.807) is 0 Å². The van der Waals surface area contributed by atoms with E-state index in [-0.39, 0.29) is 0 Å². The number of nitrogens with one attached hydrogen (secondary N) is 1. The normalized spacial score (nSPS) is 20.3. The maximum absolute atomic E-state index is 3.57. The smallest absolute Gasteiger partial charge is 0.0264 e. The molecule has 3 atom stereocenters. The van der Waals surface area contributed by atoms with Gasteiger partial charge >= 0.3 is 0 Å². The molecule has 2 aromatic carbocycles. The highest BCUT2D eigenvalue weighted by molar-refractivity contribution is 7.47. The van der Waals surface area contributed by atoms with Crippen LogP contribution in [0.5, 0.6) is 0 Å². The Labute approximate surface area is 137 Å². The molecule has 0 spiro atoms. The molecule has 0 bridgehead atoms. The first-order chi connectivity index (χ1) is 10.9. The third-order valence-electron chi connectivity index (χ3n) is 4.05. The molecule has 22 heavy (non-hydrogen) atoms. The minimum absolute atomic E-state index is 0.684. The Morgan fingerprint density at radius 2 is 1.55 bits per heavy atom. The van der Waals surface area contributed by atoms with Crippen molar-refractivity contribution in [3.63, 3.8) is 0 Å². The predicted molar refractivity (Wildman–Crippen MR) is 102 cm³/mol. The molecule has 2 aromatic rings. The zero-order valence-electron chi connectivity index (χ0n) is 12.8.